The van der Waals surface area contributed by atoms with Crippen LogP contribution in [-0.2, 0) is 4.52 Å². The van der Waals surface area contributed by atoms with Gasteiger partial charge in [0.25, 0.3) is 0 Å². The number of hydrogen-bond donors (Lipinski definition) is 0. The van der Waals surface area contributed by atoms with E-state index in [4.69, 9.17) is 0 Å². The van der Waals surface area contributed by atoms with Crippen LogP contribution in [0.15, 0.2) is 18.2 Å². The first-order valence-corrected chi connectivity index (χ1v) is 4.38. The van der Waals surface area contributed by atoms with Crippen molar-refractivity contribution in [3.63, 3.8) is 0 Å². The van der Waals surface area contributed by atoms with E-state index in [1.807, 2.05) is 9.47 Å². The number of carbonyl (C=O) groups is 1. The van der Waals surface area contributed by atoms with E-state index in [0.717, 1.165) is 18.2 Å². The lowest BCUT2D eigenvalue weighted by molar-refractivity contribution is 0.0840. The maximum absolute atomic E-state index is 13.1. The van der Waals surface area contributed by atoms with E-state index in [1.54, 1.807) is 0 Å². The van der Waals surface area contributed by atoms with Crippen LogP contribution in [0.2, 0.25) is 0 Å². The average molecular weight is 218 g/mol. The van der Waals surface area contributed by atoms with Gasteiger partial charge in [-0.3, -0.25) is 4.79 Å². The fourth-order valence-electron chi connectivity index (χ4n) is 0.967. The molecule has 0 aliphatic carbocycles. The summed E-state index contributed by atoms with van der Waals surface area (Å²) in [5.74, 6) is -1.98. The van der Waals surface area contributed by atoms with Crippen molar-refractivity contribution >= 4 is 15.2 Å². The summed E-state index contributed by atoms with van der Waals surface area (Å²) < 4.78 is 30.4. The summed E-state index contributed by atoms with van der Waals surface area (Å²) in [6.45, 7) is 1.46. The lowest BCUT2D eigenvalue weighted by Crippen LogP contribution is -2.18. The van der Waals surface area contributed by atoms with Crippen molar-refractivity contribution in [3.8, 4) is 0 Å². The third kappa shape index (κ3) is 2.34. The topological polar surface area (TPSA) is 26.3 Å². The Labute approximate surface area is 82.5 Å². The molecule has 0 saturated heterocycles. The Hall–Kier alpha value is -0.860. The van der Waals surface area contributed by atoms with E-state index in [-0.39, 0.29) is 5.56 Å². The number of Topliss-reactive ketones (excluding diaryl/α,β-unsaturated/α-hetero) is 1. The van der Waals surface area contributed by atoms with Crippen LogP contribution in [0, 0.1) is 11.6 Å². The van der Waals surface area contributed by atoms with Gasteiger partial charge in [-0.05, 0) is 25.1 Å². The maximum atomic E-state index is 13.1. The molecule has 0 aromatic heterocycles. The molecule has 2 atom stereocenters. The van der Waals surface area contributed by atoms with Crippen LogP contribution in [0.1, 0.15) is 17.3 Å². The molecule has 0 aliphatic rings. The molecule has 0 bridgehead atoms. The fraction of sp³-hybridized carbons (Fsp3) is 0.222. The summed E-state index contributed by atoms with van der Waals surface area (Å²) in [7, 11) is 1.90. The highest BCUT2D eigenvalue weighted by molar-refractivity contribution is 7.09. The van der Waals surface area contributed by atoms with Gasteiger partial charge >= 0.3 is 0 Å². The first-order valence-electron chi connectivity index (χ1n) is 3.91. The number of carbonyl (C=O) groups excluding carboxylic acids is 1. The Kier molecular flexibility index (Phi) is 3.67. The van der Waals surface area contributed by atoms with Crippen LogP contribution in [0.4, 0.5) is 8.78 Å². The smallest absolute Gasteiger partial charge is 0.194 e. The molecule has 76 valence electrons. The van der Waals surface area contributed by atoms with Gasteiger partial charge in [0.2, 0.25) is 0 Å². The quantitative estimate of drug-likeness (QED) is 0.575. The molecule has 0 saturated carbocycles. The molecule has 0 heterocycles. The molecule has 1 aromatic carbocycles. The predicted octanol–water partition coefficient (Wildman–Crippen LogP) is 2.34. The van der Waals surface area contributed by atoms with Gasteiger partial charge < -0.3 is 4.52 Å². The number of ketones is 1. The van der Waals surface area contributed by atoms with Crippen molar-refractivity contribution in [3.05, 3.63) is 35.4 Å². The van der Waals surface area contributed by atoms with E-state index in [9.17, 15) is 13.6 Å². The second-order valence-electron chi connectivity index (χ2n) is 2.77. The standard InChI is InChI=1S/C9H9F2O2P/c1-5(13-14)9(12)7-4-6(10)2-3-8(7)11/h2-5H,14H2,1H3/t5-/m1/s1. The van der Waals surface area contributed by atoms with Crippen LogP contribution in [0.25, 0.3) is 0 Å². The van der Waals surface area contributed by atoms with E-state index in [0.29, 0.717) is 0 Å². The normalized spacial score (nSPS) is 12.6. The minimum atomic E-state index is -0.809. The minimum Gasteiger partial charge on any atom is -0.355 e. The Morgan fingerprint density at radius 3 is 2.71 bits per heavy atom. The highest BCUT2D eigenvalue weighted by Gasteiger charge is 2.18. The molecule has 0 radical (unpaired) electrons. The van der Waals surface area contributed by atoms with Gasteiger partial charge in [0, 0.05) is 9.47 Å². The van der Waals surface area contributed by atoms with E-state index < -0.39 is 23.5 Å². The second kappa shape index (κ2) is 4.58. The van der Waals surface area contributed by atoms with Crippen molar-refractivity contribution in [1.82, 2.24) is 0 Å². The lowest BCUT2D eigenvalue weighted by Gasteiger charge is -2.08. The van der Waals surface area contributed by atoms with Crippen molar-refractivity contribution in [2.24, 2.45) is 0 Å². The number of benzene rings is 1. The molecule has 5 heteroatoms. The molecule has 2 nitrogen and oxygen atoms in total. The molecule has 0 aliphatic heterocycles. The summed E-state index contributed by atoms with van der Waals surface area (Å²) in [4.78, 5) is 11.4. The van der Waals surface area contributed by atoms with Crippen LogP contribution in [-0.4, -0.2) is 11.9 Å². The number of rotatable bonds is 3. The molecule has 1 aromatic rings. The van der Waals surface area contributed by atoms with E-state index >= 15 is 0 Å². The van der Waals surface area contributed by atoms with Crippen LogP contribution < -0.4 is 0 Å². The number of halogens is 2. The summed E-state index contributed by atoms with van der Waals surface area (Å²) in [5.41, 5.74) is -0.292. The average Bonchev–Trinajstić information content (AvgIpc) is 2.19. The predicted molar refractivity (Wildman–Crippen MR) is 50.9 cm³/mol. The largest absolute Gasteiger partial charge is 0.355 e. The van der Waals surface area contributed by atoms with Gasteiger partial charge in [0.05, 0.1) is 5.56 Å². The zero-order chi connectivity index (χ0) is 10.7. The zero-order valence-corrected chi connectivity index (χ0v) is 8.61. The second-order valence-corrected chi connectivity index (χ2v) is 3.04. The minimum absolute atomic E-state index is 0.292. The SMILES string of the molecule is C[C@@H](OP)C(=O)c1cc(F)ccc1F. The monoisotopic (exact) mass is 218 g/mol. The van der Waals surface area contributed by atoms with Gasteiger partial charge in [0.1, 0.15) is 17.7 Å². The van der Waals surface area contributed by atoms with Crippen LogP contribution >= 0.6 is 9.47 Å². The number of hydrogen-bond acceptors (Lipinski definition) is 2. The van der Waals surface area contributed by atoms with Gasteiger partial charge in [-0.1, -0.05) is 0 Å². The van der Waals surface area contributed by atoms with Crippen LogP contribution in [0.5, 0.6) is 0 Å². The van der Waals surface area contributed by atoms with Gasteiger partial charge in [0.15, 0.2) is 5.78 Å². The Balaban J connectivity index is 3.06. The first-order chi connectivity index (χ1) is 6.56. The molecule has 0 spiro atoms. The molecule has 0 amide bonds. The highest BCUT2D eigenvalue weighted by atomic mass is 31.0. The van der Waals surface area contributed by atoms with Crippen molar-refractivity contribution in [1.29, 1.82) is 0 Å². The first kappa shape index (κ1) is 11.2. The summed E-state index contributed by atoms with van der Waals surface area (Å²) in [6.07, 6.45) is -0.809. The molecule has 0 N–H and O–H groups in total. The van der Waals surface area contributed by atoms with E-state index in [1.165, 1.54) is 6.92 Å². The van der Waals surface area contributed by atoms with Gasteiger partial charge in [-0.15, -0.1) is 0 Å². The molecule has 14 heavy (non-hydrogen) atoms. The van der Waals surface area contributed by atoms with Crippen LogP contribution in [0.3, 0.4) is 0 Å². The summed E-state index contributed by atoms with van der Waals surface area (Å²) in [6, 6.07) is 2.73. The van der Waals surface area contributed by atoms with Crippen molar-refractivity contribution in [2.75, 3.05) is 0 Å². The molecule has 0 fully saturated rings. The van der Waals surface area contributed by atoms with E-state index in [2.05, 4.69) is 4.52 Å². The maximum Gasteiger partial charge on any atom is 0.194 e. The third-order valence-electron chi connectivity index (χ3n) is 1.77. The Morgan fingerprint density at radius 2 is 2.14 bits per heavy atom. The van der Waals surface area contributed by atoms with Gasteiger partial charge in [-0.2, -0.15) is 0 Å². The fourth-order valence-corrected chi connectivity index (χ4v) is 1.09. The van der Waals surface area contributed by atoms with Gasteiger partial charge in [-0.25, -0.2) is 8.78 Å². The Morgan fingerprint density at radius 1 is 1.50 bits per heavy atom. The Bertz CT molecular complexity index is 355. The molecule has 1 unspecified atom stereocenters. The third-order valence-corrected chi connectivity index (χ3v) is 2.18. The molecule has 1 rings (SSSR count). The highest BCUT2D eigenvalue weighted by Crippen LogP contribution is 2.14. The molecular weight excluding hydrogens is 209 g/mol. The summed E-state index contributed by atoms with van der Waals surface area (Å²) in [5, 5.41) is 0. The van der Waals surface area contributed by atoms with Crippen molar-refractivity contribution < 1.29 is 18.1 Å². The molecular formula is C9H9F2O2P. The zero-order valence-electron chi connectivity index (χ0n) is 7.46. The summed E-state index contributed by atoms with van der Waals surface area (Å²) >= 11 is 0. The van der Waals surface area contributed by atoms with Crippen molar-refractivity contribution in [2.45, 2.75) is 13.0 Å². The lowest BCUT2D eigenvalue weighted by atomic mass is 10.1.